The molecule has 0 bridgehead atoms. The maximum absolute atomic E-state index is 12.3. The van der Waals surface area contributed by atoms with E-state index in [1.54, 1.807) is 6.07 Å². The number of nitrogens with zero attached hydrogens (tertiary/aromatic N) is 2. The number of amides is 1. The van der Waals surface area contributed by atoms with Crippen LogP contribution in [0.4, 0.5) is 13.2 Å². The van der Waals surface area contributed by atoms with Gasteiger partial charge in [-0.1, -0.05) is 35.3 Å². The molecule has 33 heavy (non-hydrogen) atoms. The lowest BCUT2D eigenvalue weighted by molar-refractivity contribution is -0.156. The summed E-state index contributed by atoms with van der Waals surface area (Å²) in [5, 5.41) is 4.31. The van der Waals surface area contributed by atoms with E-state index >= 15 is 0 Å². The molecule has 1 heterocycles. The lowest BCUT2D eigenvalue weighted by Gasteiger charge is -2.33. The lowest BCUT2D eigenvalue weighted by Crippen LogP contribution is -2.32. The SMILES string of the molecule is CN(C)CCNC(=O)c1ccc(C2CN(C)Cc3c(Cl)cc(Cl)cc32)cc1.O=CC(F)(F)F. The number of benzene rings is 2. The average molecular weight is 504 g/mol. The van der Waals surface area contributed by atoms with Gasteiger partial charge in [-0.25, -0.2) is 0 Å². The molecule has 1 N–H and O–H groups in total. The van der Waals surface area contributed by atoms with Crippen molar-refractivity contribution in [1.29, 1.82) is 0 Å². The molecule has 0 spiro atoms. The molecule has 1 aliphatic rings. The number of alkyl halides is 3. The third kappa shape index (κ3) is 8.30. The van der Waals surface area contributed by atoms with Crippen molar-refractivity contribution in [3.8, 4) is 0 Å². The van der Waals surface area contributed by atoms with Crippen LogP contribution in [-0.4, -0.2) is 68.9 Å². The molecular weight excluding hydrogens is 478 g/mol. The van der Waals surface area contributed by atoms with Crippen LogP contribution in [0.15, 0.2) is 36.4 Å². The zero-order valence-electron chi connectivity index (χ0n) is 18.5. The second-order valence-corrected chi connectivity index (χ2v) is 8.89. The number of carbonyl (C=O) groups excluding carboxylic acids is 2. The molecule has 3 rings (SSSR count). The first-order valence-electron chi connectivity index (χ1n) is 10.1. The number of halogens is 5. The molecular formula is C23H26Cl2F3N3O2. The van der Waals surface area contributed by atoms with E-state index in [4.69, 9.17) is 28.0 Å². The van der Waals surface area contributed by atoms with Crippen LogP contribution < -0.4 is 5.32 Å². The van der Waals surface area contributed by atoms with Gasteiger partial charge in [-0.2, -0.15) is 13.2 Å². The van der Waals surface area contributed by atoms with Crippen LogP contribution in [0.5, 0.6) is 0 Å². The third-order valence-electron chi connectivity index (χ3n) is 5.05. The maximum atomic E-state index is 12.3. The van der Waals surface area contributed by atoms with Crippen LogP contribution >= 0.6 is 23.2 Å². The first kappa shape index (κ1) is 27.1. The minimum atomic E-state index is -4.64. The van der Waals surface area contributed by atoms with Gasteiger partial charge in [0.15, 0.2) is 0 Å². The van der Waals surface area contributed by atoms with E-state index in [2.05, 4.69) is 17.3 Å². The van der Waals surface area contributed by atoms with Crippen molar-refractivity contribution in [2.24, 2.45) is 0 Å². The highest BCUT2D eigenvalue weighted by atomic mass is 35.5. The largest absolute Gasteiger partial charge is 0.446 e. The van der Waals surface area contributed by atoms with Gasteiger partial charge in [0, 0.05) is 47.7 Å². The Bertz CT molecular complexity index is 967. The molecule has 1 unspecified atom stereocenters. The van der Waals surface area contributed by atoms with Gasteiger partial charge >= 0.3 is 6.18 Å². The van der Waals surface area contributed by atoms with Crippen molar-refractivity contribution in [2.75, 3.05) is 40.8 Å². The summed E-state index contributed by atoms with van der Waals surface area (Å²) >= 11 is 12.7. The summed E-state index contributed by atoms with van der Waals surface area (Å²) in [6, 6.07) is 11.7. The quantitative estimate of drug-likeness (QED) is 0.605. The molecule has 0 fully saturated rings. The summed E-state index contributed by atoms with van der Waals surface area (Å²) in [7, 11) is 6.06. The van der Waals surface area contributed by atoms with E-state index in [0.717, 1.165) is 30.8 Å². The van der Waals surface area contributed by atoms with Crippen LogP contribution in [0, 0.1) is 0 Å². The van der Waals surface area contributed by atoms with Crippen molar-refractivity contribution in [1.82, 2.24) is 15.1 Å². The predicted molar refractivity (Wildman–Crippen MR) is 124 cm³/mol. The van der Waals surface area contributed by atoms with Crippen LogP contribution in [0.2, 0.25) is 10.0 Å². The van der Waals surface area contributed by atoms with E-state index in [1.807, 2.05) is 49.3 Å². The number of likely N-dealkylation sites (N-methyl/N-ethyl adjacent to an activating group) is 2. The summed E-state index contributed by atoms with van der Waals surface area (Å²) in [6.45, 7) is 3.15. The summed E-state index contributed by atoms with van der Waals surface area (Å²) in [5.41, 5.74) is 4.14. The Morgan fingerprint density at radius 2 is 1.82 bits per heavy atom. The molecule has 1 amide bonds. The minimum Gasteiger partial charge on any atom is -0.351 e. The fourth-order valence-corrected chi connectivity index (χ4v) is 4.06. The number of hydrogen-bond acceptors (Lipinski definition) is 4. The Labute approximate surface area is 201 Å². The standard InChI is InChI=1S/C21H25Cl2N3O.C2HF3O/c1-25(2)9-8-24-21(27)15-6-4-14(5-7-15)18-12-26(3)13-19-17(18)10-16(22)11-20(19)23;3-2(4,5)1-6/h4-7,10-11,18H,8-9,12-13H2,1-3H3,(H,24,27);1H. The van der Waals surface area contributed by atoms with E-state index in [-0.39, 0.29) is 11.8 Å². The molecule has 0 aromatic heterocycles. The van der Waals surface area contributed by atoms with Gasteiger partial charge in [0.2, 0.25) is 6.29 Å². The van der Waals surface area contributed by atoms with Crippen LogP contribution in [0.1, 0.15) is 33.0 Å². The first-order valence-corrected chi connectivity index (χ1v) is 10.9. The average Bonchev–Trinajstić information content (AvgIpc) is 2.73. The van der Waals surface area contributed by atoms with E-state index in [1.165, 1.54) is 5.56 Å². The fourth-order valence-electron chi connectivity index (χ4n) is 3.49. The Morgan fingerprint density at radius 1 is 1.21 bits per heavy atom. The van der Waals surface area contributed by atoms with Crippen molar-refractivity contribution in [3.63, 3.8) is 0 Å². The maximum Gasteiger partial charge on any atom is 0.446 e. The molecule has 1 aliphatic heterocycles. The monoisotopic (exact) mass is 503 g/mol. The van der Waals surface area contributed by atoms with Crippen LogP contribution in [-0.2, 0) is 11.3 Å². The normalized spacial score (nSPS) is 16.0. The highest BCUT2D eigenvalue weighted by Crippen LogP contribution is 2.38. The van der Waals surface area contributed by atoms with Crippen molar-refractivity contribution < 1.29 is 22.8 Å². The molecule has 1 atom stereocenters. The topological polar surface area (TPSA) is 52.7 Å². The Morgan fingerprint density at radius 3 is 2.36 bits per heavy atom. The second-order valence-electron chi connectivity index (χ2n) is 8.05. The third-order valence-corrected chi connectivity index (χ3v) is 5.60. The van der Waals surface area contributed by atoms with Gasteiger partial charge in [0.25, 0.3) is 5.91 Å². The van der Waals surface area contributed by atoms with Crippen molar-refractivity contribution in [3.05, 3.63) is 68.7 Å². The zero-order chi connectivity index (χ0) is 24.8. The smallest absolute Gasteiger partial charge is 0.351 e. The van der Waals surface area contributed by atoms with E-state index in [0.29, 0.717) is 22.2 Å². The second kappa shape index (κ2) is 11.8. The Balaban J connectivity index is 0.000000569. The molecule has 5 nitrogen and oxygen atoms in total. The highest BCUT2D eigenvalue weighted by molar-refractivity contribution is 6.35. The molecule has 0 aliphatic carbocycles. The number of nitrogens with one attached hydrogen (secondary N) is 1. The number of rotatable bonds is 5. The summed E-state index contributed by atoms with van der Waals surface area (Å²) in [4.78, 5) is 25.3. The molecule has 2 aromatic carbocycles. The van der Waals surface area contributed by atoms with Gasteiger partial charge in [0.1, 0.15) is 0 Å². The number of hydrogen-bond donors (Lipinski definition) is 1. The molecule has 0 saturated carbocycles. The summed E-state index contributed by atoms with van der Waals surface area (Å²) in [5.74, 6) is 0.136. The molecule has 0 radical (unpaired) electrons. The molecule has 2 aromatic rings. The fraction of sp³-hybridized carbons (Fsp3) is 0.391. The van der Waals surface area contributed by atoms with Gasteiger partial charge < -0.3 is 15.1 Å². The van der Waals surface area contributed by atoms with Crippen LogP contribution in [0.3, 0.4) is 0 Å². The number of carbonyl (C=O) groups is 2. The van der Waals surface area contributed by atoms with Gasteiger partial charge in [-0.05, 0) is 62.1 Å². The van der Waals surface area contributed by atoms with Crippen molar-refractivity contribution in [2.45, 2.75) is 18.6 Å². The van der Waals surface area contributed by atoms with Gasteiger partial charge in [-0.3, -0.25) is 9.59 Å². The van der Waals surface area contributed by atoms with E-state index in [9.17, 15) is 18.0 Å². The minimum absolute atomic E-state index is 0.0457. The summed E-state index contributed by atoms with van der Waals surface area (Å²) < 4.78 is 31.2. The van der Waals surface area contributed by atoms with Crippen molar-refractivity contribution >= 4 is 35.4 Å². The van der Waals surface area contributed by atoms with E-state index < -0.39 is 12.5 Å². The summed E-state index contributed by atoms with van der Waals surface area (Å²) in [6.07, 6.45) is -5.70. The lowest BCUT2D eigenvalue weighted by atomic mass is 9.84. The van der Waals surface area contributed by atoms with Gasteiger partial charge in [-0.15, -0.1) is 0 Å². The predicted octanol–water partition coefficient (Wildman–Crippen LogP) is 4.61. The number of aldehydes is 1. The highest BCUT2D eigenvalue weighted by Gasteiger charge is 2.27. The first-order chi connectivity index (χ1) is 15.4. The Kier molecular flexibility index (Phi) is 9.72. The van der Waals surface area contributed by atoms with Crippen LogP contribution in [0.25, 0.3) is 0 Å². The zero-order valence-corrected chi connectivity index (χ0v) is 20.1. The number of fused-ring (bicyclic) bond motifs is 1. The molecule has 0 saturated heterocycles. The molecule has 10 heteroatoms. The van der Waals surface area contributed by atoms with Gasteiger partial charge in [0.05, 0.1) is 0 Å². The Hall–Kier alpha value is -2.13. The molecule has 180 valence electrons.